The zero-order valence-electron chi connectivity index (χ0n) is 19.4. The van der Waals surface area contributed by atoms with E-state index in [4.69, 9.17) is 9.72 Å². The van der Waals surface area contributed by atoms with E-state index in [9.17, 15) is 5.11 Å². The van der Waals surface area contributed by atoms with Gasteiger partial charge in [-0.2, -0.15) is 14.9 Å². The number of rotatable bonds is 4. The lowest BCUT2D eigenvalue weighted by molar-refractivity contribution is -0.00435. The van der Waals surface area contributed by atoms with Gasteiger partial charge >= 0.3 is 0 Å². The highest BCUT2D eigenvalue weighted by Gasteiger charge is 2.38. The van der Waals surface area contributed by atoms with E-state index in [1.807, 2.05) is 12.3 Å². The summed E-state index contributed by atoms with van der Waals surface area (Å²) in [4.78, 5) is 7.29. The highest BCUT2D eigenvalue weighted by Crippen LogP contribution is 2.46. The molecule has 8 heteroatoms. The van der Waals surface area contributed by atoms with Crippen LogP contribution < -0.4 is 4.90 Å². The van der Waals surface area contributed by atoms with Gasteiger partial charge in [0.1, 0.15) is 5.82 Å². The first-order valence-corrected chi connectivity index (χ1v) is 12.1. The standard InChI is InChI=1S/C26H30N6O2/c1-18-17-34-14-13-31(18)24-15-22(21-16-28-32(25(21)29-24)23-9-12-27-30-23)26(33)10-7-20(8-11-26)19-5-3-2-4-6-19/h2-6,9,12,15-16,18,20,33H,7-8,10-11,13-14,17H2,1H3,(H,27,30)/t18-,20-,26+/m1/s1. The van der Waals surface area contributed by atoms with E-state index in [1.165, 1.54) is 5.56 Å². The van der Waals surface area contributed by atoms with Crippen molar-refractivity contribution in [2.24, 2.45) is 0 Å². The van der Waals surface area contributed by atoms with Gasteiger partial charge in [-0.15, -0.1) is 0 Å². The minimum absolute atomic E-state index is 0.205. The third-order valence-corrected chi connectivity index (χ3v) is 7.48. The third kappa shape index (κ3) is 3.67. The molecule has 34 heavy (non-hydrogen) atoms. The molecular weight excluding hydrogens is 428 g/mol. The van der Waals surface area contributed by atoms with Gasteiger partial charge in [-0.25, -0.2) is 4.98 Å². The van der Waals surface area contributed by atoms with Crippen LogP contribution in [-0.2, 0) is 10.3 Å². The molecule has 1 aliphatic heterocycles. The quantitative estimate of drug-likeness (QED) is 0.482. The van der Waals surface area contributed by atoms with Gasteiger partial charge in [-0.05, 0) is 55.7 Å². The largest absolute Gasteiger partial charge is 0.385 e. The van der Waals surface area contributed by atoms with Gasteiger partial charge in [0.05, 0.1) is 31.1 Å². The number of H-pyrrole nitrogens is 1. The SMILES string of the molecule is C[C@@H]1COCCN1c1cc([C@]2(O)CC[C@@H](c3ccccc3)CC2)c2cnn(-c3cc[nH]n3)c2n1. The predicted octanol–water partition coefficient (Wildman–Crippen LogP) is 3.91. The van der Waals surface area contributed by atoms with Gasteiger partial charge < -0.3 is 14.7 Å². The molecule has 2 fully saturated rings. The van der Waals surface area contributed by atoms with Crippen LogP contribution in [0.25, 0.3) is 16.9 Å². The zero-order chi connectivity index (χ0) is 23.1. The van der Waals surface area contributed by atoms with Gasteiger partial charge in [-0.3, -0.25) is 5.10 Å². The van der Waals surface area contributed by atoms with Crippen molar-refractivity contribution in [3.05, 3.63) is 66.0 Å². The van der Waals surface area contributed by atoms with Crippen molar-refractivity contribution < 1.29 is 9.84 Å². The van der Waals surface area contributed by atoms with Crippen LogP contribution in [0.1, 0.15) is 49.7 Å². The van der Waals surface area contributed by atoms with Crippen LogP contribution >= 0.6 is 0 Å². The number of fused-ring (bicyclic) bond motifs is 1. The van der Waals surface area contributed by atoms with Gasteiger partial charge in [0.2, 0.25) is 0 Å². The second-order valence-corrected chi connectivity index (χ2v) is 9.59. The van der Waals surface area contributed by atoms with E-state index < -0.39 is 5.60 Å². The fourth-order valence-corrected chi connectivity index (χ4v) is 5.55. The summed E-state index contributed by atoms with van der Waals surface area (Å²) >= 11 is 0. The van der Waals surface area contributed by atoms with Gasteiger partial charge in [0.15, 0.2) is 11.5 Å². The minimum atomic E-state index is -0.920. The molecule has 4 aromatic rings. The number of nitrogens with zero attached hydrogens (tertiary/aromatic N) is 5. The van der Waals surface area contributed by atoms with Crippen LogP contribution in [0.15, 0.2) is 54.9 Å². The first kappa shape index (κ1) is 21.3. The number of aromatic nitrogens is 5. The van der Waals surface area contributed by atoms with Crippen LogP contribution in [0.2, 0.25) is 0 Å². The normalized spacial score (nSPS) is 25.6. The minimum Gasteiger partial charge on any atom is -0.385 e. The van der Waals surface area contributed by atoms with E-state index in [2.05, 4.69) is 63.5 Å². The molecular formula is C26H30N6O2. The van der Waals surface area contributed by atoms with Crippen LogP contribution in [0.4, 0.5) is 5.82 Å². The number of nitrogens with one attached hydrogen (secondary N) is 1. The van der Waals surface area contributed by atoms with Crippen molar-refractivity contribution in [2.75, 3.05) is 24.7 Å². The molecule has 1 atom stereocenters. The molecule has 176 valence electrons. The summed E-state index contributed by atoms with van der Waals surface area (Å²) in [5.41, 5.74) is 2.07. The molecule has 0 spiro atoms. The number of anilines is 1. The number of hydrogen-bond acceptors (Lipinski definition) is 6. The topological polar surface area (TPSA) is 92.1 Å². The predicted molar refractivity (Wildman–Crippen MR) is 130 cm³/mol. The number of benzene rings is 1. The molecule has 0 amide bonds. The molecule has 1 aliphatic carbocycles. The number of aromatic amines is 1. The molecule has 2 N–H and O–H groups in total. The van der Waals surface area contributed by atoms with Crippen molar-refractivity contribution in [2.45, 2.75) is 50.2 Å². The maximum atomic E-state index is 12.0. The highest BCUT2D eigenvalue weighted by atomic mass is 16.5. The Kier molecular flexibility index (Phi) is 5.34. The Bertz CT molecular complexity index is 1260. The number of pyridine rings is 1. The Balaban J connectivity index is 1.42. The fourth-order valence-electron chi connectivity index (χ4n) is 5.55. The Morgan fingerprint density at radius 1 is 1.12 bits per heavy atom. The van der Waals surface area contributed by atoms with Crippen LogP contribution in [0.3, 0.4) is 0 Å². The molecule has 4 heterocycles. The maximum absolute atomic E-state index is 12.0. The number of hydrogen-bond donors (Lipinski definition) is 2. The van der Waals surface area contributed by atoms with E-state index in [1.54, 1.807) is 10.9 Å². The Morgan fingerprint density at radius 2 is 1.94 bits per heavy atom. The molecule has 1 saturated carbocycles. The van der Waals surface area contributed by atoms with E-state index >= 15 is 0 Å². The fraction of sp³-hybridized carbons (Fsp3) is 0.423. The summed E-state index contributed by atoms with van der Waals surface area (Å²) in [5, 5.41) is 24.7. The number of morpholine rings is 1. The van der Waals surface area contributed by atoms with Gasteiger partial charge in [0.25, 0.3) is 0 Å². The molecule has 3 aromatic heterocycles. The van der Waals surface area contributed by atoms with E-state index in [0.717, 1.165) is 41.8 Å². The average Bonchev–Trinajstić information content (AvgIpc) is 3.55. The van der Waals surface area contributed by atoms with Crippen molar-refractivity contribution in [3.8, 4) is 5.82 Å². The van der Waals surface area contributed by atoms with Crippen molar-refractivity contribution in [1.82, 2.24) is 25.0 Å². The highest BCUT2D eigenvalue weighted by molar-refractivity contribution is 5.83. The summed E-state index contributed by atoms with van der Waals surface area (Å²) in [6.07, 6.45) is 6.90. The molecule has 0 unspecified atom stereocenters. The van der Waals surface area contributed by atoms with E-state index in [0.29, 0.717) is 37.8 Å². The lowest BCUT2D eigenvalue weighted by atomic mass is 9.73. The first-order chi connectivity index (χ1) is 16.6. The maximum Gasteiger partial charge on any atom is 0.177 e. The monoisotopic (exact) mass is 458 g/mol. The lowest BCUT2D eigenvalue weighted by Crippen LogP contribution is -2.44. The average molecular weight is 459 g/mol. The van der Waals surface area contributed by atoms with Crippen molar-refractivity contribution in [1.29, 1.82) is 0 Å². The molecule has 0 radical (unpaired) electrons. The molecule has 2 aliphatic rings. The van der Waals surface area contributed by atoms with Crippen molar-refractivity contribution in [3.63, 3.8) is 0 Å². The van der Waals surface area contributed by atoms with Crippen LogP contribution in [0, 0.1) is 0 Å². The van der Waals surface area contributed by atoms with Crippen LogP contribution in [0.5, 0.6) is 0 Å². The Labute approximate surface area is 198 Å². The summed E-state index contributed by atoms with van der Waals surface area (Å²) < 4.78 is 7.41. The Morgan fingerprint density at radius 3 is 2.68 bits per heavy atom. The summed E-state index contributed by atoms with van der Waals surface area (Å²) in [7, 11) is 0. The van der Waals surface area contributed by atoms with Gasteiger partial charge in [-0.1, -0.05) is 30.3 Å². The summed E-state index contributed by atoms with van der Waals surface area (Å²) in [5.74, 6) is 2.01. The molecule has 6 rings (SSSR count). The summed E-state index contributed by atoms with van der Waals surface area (Å²) in [6.45, 7) is 4.25. The molecule has 1 saturated heterocycles. The van der Waals surface area contributed by atoms with E-state index in [-0.39, 0.29) is 6.04 Å². The molecule has 0 bridgehead atoms. The molecule has 8 nitrogen and oxygen atoms in total. The first-order valence-electron chi connectivity index (χ1n) is 12.1. The number of ether oxygens (including phenoxy) is 1. The Hall–Kier alpha value is -3.23. The van der Waals surface area contributed by atoms with Crippen molar-refractivity contribution >= 4 is 16.9 Å². The number of aliphatic hydroxyl groups is 1. The molecule has 1 aromatic carbocycles. The second-order valence-electron chi connectivity index (χ2n) is 9.59. The van der Waals surface area contributed by atoms with Gasteiger partial charge in [0, 0.05) is 24.2 Å². The van der Waals surface area contributed by atoms with Crippen LogP contribution in [-0.4, -0.2) is 55.9 Å². The smallest absolute Gasteiger partial charge is 0.177 e. The third-order valence-electron chi connectivity index (χ3n) is 7.48. The summed E-state index contributed by atoms with van der Waals surface area (Å²) in [6, 6.07) is 14.8. The zero-order valence-corrected chi connectivity index (χ0v) is 19.4. The lowest BCUT2D eigenvalue weighted by Gasteiger charge is -2.38. The second kappa shape index (κ2) is 8.52.